The van der Waals surface area contributed by atoms with Gasteiger partial charge in [0.2, 0.25) is 5.95 Å². The summed E-state index contributed by atoms with van der Waals surface area (Å²) in [5, 5.41) is 0. The van der Waals surface area contributed by atoms with Crippen molar-refractivity contribution in [2.24, 2.45) is 0 Å². The zero-order valence-electron chi connectivity index (χ0n) is 10.2. The van der Waals surface area contributed by atoms with Crippen molar-refractivity contribution >= 4 is 16.2 Å². The van der Waals surface area contributed by atoms with Crippen LogP contribution in [-0.2, 0) is 23.2 Å². The quantitative estimate of drug-likeness (QED) is 0.883. The Morgan fingerprint density at radius 1 is 1.26 bits per heavy atom. The number of aromatic nitrogens is 2. The molecule has 3 rings (SSSR count). The van der Waals surface area contributed by atoms with Crippen LogP contribution < -0.4 is 4.72 Å². The molecule has 0 aliphatic carbocycles. The van der Waals surface area contributed by atoms with E-state index in [-0.39, 0.29) is 5.95 Å². The van der Waals surface area contributed by atoms with Crippen LogP contribution in [0.4, 0.5) is 5.95 Å². The van der Waals surface area contributed by atoms with Gasteiger partial charge in [0.15, 0.2) is 0 Å². The second-order valence-electron chi connectivity index (χ2n) is 4.40. The number of aromatic amines is 1. The van der Waals surface area contributed by atoms with Crippen LogP contribution in [0.3, 0.4) is 0 Å². The van der Waals surface area contributed by atoms with Gasteiger partial charge in [0.1, 0.15) is 0 Å². The second-order valence-corrected chi connectivity index (χ2v) is 6.07. The highest BCUT2D eigenvalue weighted by Gasteiger charge is 2.26. The van der Waals surface area contributed by atoms with Gasteiger partial charge in [0.25, 0.3) is 0 Å². The lowest BCUT2D eigenvalue weighted by molar-refractivity contribution is 0.394. The Bertz CT molecular complexity index is 667. The molecule has 0 radical (unpaired) electrons. The highest BCUT2D eigenvalue weighted by Crippen LogP contribution is 2.21. The van der Waals surface area contributed by atoms with Crippen molar-refractivity contribution in [3.05, 3.63) is 47.8 Å². The monoisotopic (exact) mass is 278 g/mol. The van der Waals surface area contributed by atoms with E-state index < -0.39 is 10.2 Å². The Hall–Kier alpha value is -1.86. The van der Waals surface area contributed by atoms with Gasteiger partial charge in [-0.25, -0.2) is 9.71 Å². The van der Waals surface area contributed by atoms with Crippen LogP contribution in [0.5, 0.6) is 0 Å². The van der Waals surface area contributed by atoms with Crippen LogP contribution in [0.25, 0.3) is 0 Å². The van der Waals surface area contributed by atoms with Gasteiger partial charge < -0.3 is 4.98 Å². The highest BCUT2D eigenvalue weighted by molar-refractivity contribution is 7.90. The molecule has 0 atom stereocenters. The maximum atomic E-state index is 12.2. The first-order chi connectivity index (χ1) is 9.15. The van der Waals surface area contributed by atoms with Gasteiger partial charge in [-0.3, -0.25) is 0 Å². The Morgan fingerprint density at radius 3 is 2.79 bits per heavy atom. The van der Waals surface area contributed by atoms with Crippen LogP contribution in [0.2, 0.25) is 0 Å². The summed E-state index contributed by atoms with van der Waals surface area (Å²) >= 11 is 0. The van der Waals surface area contributed by atoms with Gasteiger partial charge in [0.05, 0.1) is 0 Å². The largest absolute Gasteiger partial charge is 0.330 e. The fourth-order valence-electron chi connectivity index (χ4n) is 2.18. The summed E-state index contributed by atoms with van der Waals surface area (Å²) in [6, 6.07) is 7.90. The molecule has 0 unspecified atom stereocenters. The molecule has 0 amide bonds. The number of nitrogens with one attached hydrogen (secondary N) is 2. The van der Waals surface area contributed by atoms with Gasteiger partial charge in [-0.05, 0) is 17.5 Å². The average Bonchev–Trinajstić information content (AvgIpc) is 2.90. The van der Waals surface area contributed by atoms with Crippen molar-refractivity contribution in [1.82, 2.24) is 14.3 Å². The van der Waals surface area contributed by atoms with E-state index in [0.29, 0.717) is 13.1 Å². The van der Waals surface area contributed by atoms with Crippen LogP contribution in [-0.4, -0.2) is 29.2 Å². The molecule has 1 aromatic heterocycles. The molecular formula is C12H14N4O2S. The maximum absolute atomic E-state index is 12.2. The van der Waals surface area contributed by atoms with Crippen molar-refractivity contribution in [3.63, 3.8) is 0 Å². The summed E-state index contributed by atoms with van der Waals surface area (Å²) < 4.78 is 28.3. The molecule has 2 heterocycles. The molecule has 100 valence electrons. The molecule has 0 spiro atoms. The van der Waals surface area contributed by atoms with Gasteiger partial charge in [-0.15, -0.1) is 0 Å². The number of hydrogen-bond donors (Lipinski definition) is 2. The van der Waals surface area contributed by atoms with E-state index in [1.807, 2.05) is 24.3 Å². The lowest BCUT2D eigenvalue weighted by Gasteiger charge is -2.27. The van der Waals surface area contributed by atoms with Crippen molar-refractivity contribution in [2.45, 2.75) is 13.0 Å². The van der Waals surface area contributed by atoms with Gasteiger partial charge in [-0.1, -0.05) is 24.3 Å². The van der Waals surface area contributed by atoms with E-state index in [2.05, 4.69) is 14.7 Å². The maximum Gasteiger partial charge on any atom is 0.304 e. The number of benzene rings is 1. The average molecular weight is 278 g/mol. The van der Waals surface area contributed by atoms with Crippen molar-refractivity contribution < 1.29 is 8.42 Å². The summed E-state index contributed by atoms with van der Waals surface area (Å²) in [4.78, 5) is 6.59. The lowest BCUT2D eigenvalue weighted by atomic mass is 10.0. The minimum Gasteiger partial charge on any atom is -0.330 e. The van der Waals surface area contributed by atoms with Crippen LogP contribution in [0, 0.1) is 0 Å². The molecule has 0 saturated heterocycles. The number of fused-ring (bicyclic) bond motifs is 1. The number of hydrogen-bond acceptors (Lipinski definition) is 3. The molecule has 2 N–H and O–H groups in total. The predicted molar refractivity (Wildman–Crippen MR) is 71.7 cm³/mol. The lowest BCUT2D eigenvalue weighted by Crippen LogP contribution is -2.39. The number of rotatable bonds is 3. The van der Waals surface area contributed by atoms with Gasteiger partial charge in [-0.2, -0.15) is 12.7 Å². The number of nitrogens with zero attached hydrogens (tertiary/aromatic N) is 2. The van der Waals surface area contributed by atoms with Crippen LogP contribution in [0.15, 0.2) is 36.7 Å². The molecule has 0 saturated carbocycles. The van der Waals surface area contributed by atoms with Crippen molar-refractivity contribution in [3.8, 4) is 0 Å². The van der Waals surface area contributed by atoms with Crippen LogP contribution in [0.1, 0.15) is 11.1 Å². The van der Waals surface area contributed by atoms with Crippen molar-refractivity contribution in [2.75, 3.05) is 11.3 Å². The van der Waals surface area contributed by atoms with Gasteiger partial charge in [0, 0.05) is 25.5 Å². The second kappa shape index (κ2) is 4.67. The molecule has 1 aliphatic rings. The van der Waals surface area contributed by atoms with E-state index >= 15 is 0 Å². The highest BCUT2D eigenvalue weighted by atomic mass is 32.2. The fourth-order valence-corrected chi connectivity index (χ4v) is 3.31. The molecule has 0 bridgehead atoms. The standard InChI is InChI=1S/C12H14N4O2S/c17-19(18,15-12-13-6-7-14-12)16-8-5-10-3-1-2-4-11(10)9-16/h1-4,6-7H,5,8-9H2,(H2,13,14,15). The SMILES string of the molecule is O=S(=O)(Nc1ncc[nH]1)N1CCc2ccccc2C1. The van der Waals surface area contributed by atoms with E-state index in [1.54, 1.807) is 6.20 Å². The Kier molecular flexibility index (Phi) is 3.00. The third-order valence-electron chi connectivity index (χ3n) is 3.16. The topological polar surface area (TPSA) is 78.1 Å². The third kappa shape index (κ3) is 2.47. The number of H-pyrrole nitrogens is 1. The minimum absolute atomic E-state index is 0.235. The smallest absolute Gasteiger partial charge is 0.304 e. The zero-order chi connectivity index (χ0) is 13.3. The summed E-state index contributed by atoms with van der Waals surface area (Å²) in [7, 11) is -3.56. The number of imidazole rings is 1. The van der Waals surface area contributed by atoms with E-state index in [9.17, 15) is 8.42 Å². The third-order valence-corrected chi connectivity index (χ3v) is 4.60. The van der Waals surface area contributed by atoms with Crippen LogP contribution >= 0.6 is 0 Å². The Labute approximate surface area is 111 Å². The molecular weight excluding hydrogens is 264 g/mol. The Morgan fingerprint density at radius 2 is 2.05 bits per heavy atom. The summed E-state index contributed by atoms with van der Waals surface area (Å²) in [6.45, 7) is 0.874. The molecule has 1 aliphatic heterocycles. The first-order valence-electron chi connectivity index (χ1n) is 5.99. The molecule has 6 nitrogen and oxygen atoms in total. The Balaban J connectivity index is 1.80. The minimum atomic E-state index is -3.56. The van der Waals surface area contributed by atoms with E-state index in [0.717, 1.165) is 12.0 Å². The molecule has 0 fully saturated rings. The normalized spacial score (nSPS) is 16.0. The molecule has 19 heavy (non-hydrogen) atoms. The first kappa shape index (κ1) is 12.2. The summed E-state index contributed by atoms with van der Waals surface area (Å²) in [6.07, 6.45) is 3.81. The van der Waals surface area contributed by atoms with Crippen molar-refractivity contribution in [1.29, 1.82) is 0 Å². The zero-order valence-corrected chi connectivity index (χ0v) is 11.0. The van der Waals surface area contributed by atoms with E-state index in [4.69, 9.17) is 0 Å². The summed E-state index contributed by atoms with van der Waals surface area (Å²) in [5.74, 6) is 0.235. The van der Waals surface area contributed by atoms with E-state index in [1.165, 1.54) is 16.1 Å². The molecule has 2 aromatic rings. The fraction of sp³-hybridized carbons (Fsp3) is 0.250. The first-order valence-corrected chi connectivity index (χ1v) is 7.43. The van der Waals surface area contributed by atoms with Gasteiger partial charge >= 0.3 is 10.2 Å². The number of anilines is 1. The predicted octanol–water partition coefficient (Wildman–Crippen LogP) is 1.12. The molecule has 7 heteroatoms. The molecule has 1 aromatic carbocycles. The summed E-state index contributed by atoms with van der Waals surface area (Å²) in [5.41, 5.74) is 2.27.